The van der Waals surface area contributed by atoms with Crippen molar-refractivity contribution in [2.24, 2.45) is 5.92 Å². The van der Waals surface area contributed by atoms with Crippen LogP contribution in [0.5, 0.6) is 0 Å². The van der Waals surface area contributed by atoms with Gasteiger partial charge in [0, 0.05) is 6.04 Å². The Morgan fingerprint density at radius 2 is 1.83 bits per heavy atom. The second-order valence-corrected chi connectivity index (χ2v) is 4.31. The maximum absolute atomic E-state index is 9.64. The SMILES string of the molecule is O[C@@H]1CCCC[C@@H]1NCC1CC1. The Kier molecular flexibility index (Phi) is 2.66. The Hall–Kier alpha value is -0.0800. The van der Waals surface area contributed by atoms with E-state index in [4.69, 9.17) is 0 Å². The van der Waals surface area contributed by atoms with Gasteiger partial charge in [-0.3, -0.25) is 0 Å². The maximum atomic E-state index is 9.64. The standard InChI is InChI=1S/C10H19NO/c12-10-4-2-1-3-9(10)11-7-8-5-6-8/h8-12H,1-7H2/t9-,10+/m0/s1. The molecule has 0 amide bonds. The molecule has 0 aromatic heterocycles. The van der Waals surface area contributed by atoms with E-state index in [9.17, 15) is 5.11 Å². The van der Waals surface area contributed by atoms with Crippen LogP contribution in [0.25, 0.3) is 0 Å². The minimum atomic E-state index is -0.0718. The van der Waals surface area contributed by atoms with Crippen LogP contribution in [0.4, 0.5) is 0 Å². The smallest absolute Gasteiger partial charge is 0.0693 e. The highest BCUT2D eigenvalue weighted by Gasteiger charge is 2.26. The summed E-state index contributed by atoms with van der Waals surface area (Å²) in [7, 11) is 0. The van der Waals surface area contributed by atoms with Crippen LogP contribution in [0.2, 0.25) is 0 Å². The first-order valence-electron chi connectivity index (χ1n) is 5.28. The minimum absolute atomic E-state index is 0.0718. The van der Waals surface area contributed by atoms with Crippen LogP contribution in [-0.4, -0.2) is 23.8 Å². The molecule has 2 rings (SSSR count). The maximum Gasteiger partial charge on any atom is 0.0693 e. The number of hydrogen-bond donors (Lipinski definition) is 2. The van der Waals surface area contributed by atoms with Gasteiger partial charge in [0.05, 0.1) is 6.10 Å². The highest BCUT2D eigenvalue weighted by atomic mass is 16.3. The molecular weight excluding hydrogens is 150 g/mol. The van der Waals surface area contributed by atoms with Crippen molar-refractivity contribution in [3.63, 3.8) is 0 Å². The summed E-state index contributed by atoms with van der Waals surface area (Å²) < 4.78 is 0. The first-order chi connectivity index (χ1) is 5.86. The summed E-state index contributed by atoms with van der Waals surface area (Å²) in [6.45, 7) is 1.14. The van der Waals surface area contributed by atoms with Crippen molar-refractivity contribution in [2.45, 2.75) is 50.7 Å². The molecule has 2 heteroatoms. The van der Waals surface area contributed by atoms with E-state index in [1.807, 2.05) is 0 Å². The third-order valence-corrected chi connectivity index (χ3v) is 3.10. The van der Waals surface area contributed by atoms with Crippen molar-refractivity contribution in [3.05, 3.63) is 0 Å². The molecule has 2 N–H and O–H groups in total. The fourth-order valence-corrected chi connectivity index (χ4v) is 1.99. The topological polar surface area (TPSA) is 32.3 Å². The van der Waals surface area contributed by atoms with Gasteiger partial charge in [0.15, 0.2) is 0 Å². The normalized spacial score (nSPS) is 36.8. The Balaban J connectivity index is 1.68. The molecule has 2 nitrogen and oxygen atoms in total. The largest absolute Gasteiger partial charge is 0.392 e. The van der Waals surface area contributed by atoms with Crippen molar-refractivity contribution in [3.8, 4) is 0 Å². The zero-order chi connectivity index (χ0) is 8.39. The number of rotatable bonds is 3. The fourth-order valence-electron chi connectivity index (χ4n) is 1.99. The van der Waals surface area contributed by atoms with E-state index in [0.717, 1.165) is 18.9 Å². The molecule has 0 bridgehead atoms. The first-order valence-corrected chi connectivity index (χ1v) is 5.28. The summed E-state index contributed by atoms with van der Waals surface area (Å²) in [6, 6.07) is 0.402. The molecule has 0 radical (unpaired) electrons. The predicted molar refractivity (Wildman–Crippen MR) is 49.0 cm³/mol. The summed E-state index contributed by atoms with van der Waals surface area (Å²) >= 11 is 0. The van der Waals surface area contributed by atoms with Gasteiger partial charge in [0.1, 0.15) is 0 Å². The molecule has 2 saturated carbocycles. The van der Waals surface area contributed by atoms with Gasteiger partial charge in [0.25, 0.3) is 0 Å². The average molecular weight is 169 g/mol. The lowest BCUT2D eigenvalue weighted by molar-refractivity contribution is 0.0906. The molecular formula is C10H19NO. The summed E-state index contributed by atoms with van der Waals surface area (Å²) in [6.07, 6.45) is 7.40. The second-order valence-electron chi connectivity index (χ2n) is 4.31. The molecule has 0 saturated heterocycles. The van der Waals surface area contributed by atoms with Crippen molar-refractivity contribution < 1.29 is 5.11 Å². The Morgan fingerprint density at radius 3 is 2.50 bits per heavy atom. The number of aliphatic hydroxyl groups is 1. The molecule has 70 valence electrons. The lowest BCUT2D eigenvalue weighted by atomic mass is 9.92. The van der Waals surface area contributed by atoms with Crippen LogP contribution >= 0.6 is 0 Å². The minimum Gasteiger partial charge on any atom is -0.392 e. The quantitative estimate of drug-likeness (QED) is 0.667. The predicted octanol–water partition coefficient (Wildman–Crippen LogP) is 1.29. The van der Waals surface area contributed by atoms with E-state index in [2.05, 4.69) is 5.32 Å². The zero-order valence-electron chi connectivity index (χ0n) is 7.63. The van der Waals surface area contributed by atoms with Crippen LogP contribution < -0.4 is 5.32 Å². The van der Waals surface area contributed by atoms with Crippen molar-refractivity contribution in [1.82, 2.24) is 5.32 Å². The van der Waals surface area contributed by atoms with Gasteiger partial charge >= 0.3 is 0 Å². The van der Waals surface area contributed by atoms with Crippen molar-refractivity contribution in [2.75, 3.05) is 6.54 Å². The third kappa shape index (κ3) is 2.20. The molecule has 0 unspecified atom stereocenters. The number of aliphatic hydroxyl groups excluding tert-OH is 1. The number of nitrogens with one attached hydrogen (secondary N) is 1. The van der Waals surface area contributed by atoms with Crippen molar-refractivity contribution in [1.29, 1.82) is 0 Å². The van der Waals surface area contributed by atoms with E-state index in [-0.39, 0.29) is 6.10 Å². The molecule has 0 aromatic rings. The summed E-state index contributed by atoms with van der Waals surface area (Å²) in [4.78, 5) is 0. The van der Waals surface area contributed by atoms with E-state index in [0.29, 0.717) is 6.04 Å². The van der Waals surface area contributed by atoms with Gasteiger partial charge in [-0.15, -0.1) is 0 Å². The lowest BCUT2D eigenvalue weighted by Crippen LogP contribution is -2.42. The second kappa shape index (κ2) is 3.75. The van der Waals surface area contributed by atoms with Gasteiger partial charge in [-0.1, -0.05) is 12.8 Å². The zero-order valence-corrected chi connectivity index (χ0v) is 7.63. The van der Waals surface area contributed by atoms with Gasteiger partial charge in [-0.05, 0) is 38.1 Å². The van der Waals surface area contributed by atoms with Gasteiger partial charge in [0.2, 0.25) is 0 Å². The Bertz CT molecular complexity index is 145. The van der Waals surface area contributed by atoms with Gasteiger partial charge in [-0.2, -0.15) is 0 Å². The van der Waals surface area contributed by atoms with E-state index < -0.39 is 0 Å². The van der Waals surface area contributed by atoms with Gasteiger partial charge < -0.3 is 10.4 Å². The molecule has 2 aliphatic rings. The molecule has 2 atom stereocenters. The first kappa shape index (κ1) is 8.52. The van der Waals surface area contributed by atoms with E-state index >= 15 is 0 Å². The van der Waals surface area contributed by atoms with Crippen LogP contribution in [0.1, 0.15) is 38.5 Å². The Morgan fingerprint density at radius 1 is 1.08 bits per heavy atom. The summed E-state index contributed by atoms with van der Waals surface area (Å²) in [5.74, 6) is 0.930. The monoisotopic (exact) mass is 169 g/mol. The average Bonchev–Trinajstić information content (AvgIpc) is 2.86. The van der Waals surface area contributed by atoms with E-state index in [1.165, 1.54) is 32.1 Å². The van der Waals surface area contributed by atoms with Gasteiger partial charge in [-0.25, -0.2) is 0 Å². The van der Waals surface area contributed by atoms with Crippen molar-refractivity contribution >= 4 is 0 Å². The molecule has 2 aliphatic carbocycles. The highest BCUT2D eigenvalue weighted by Crippen LogP contribution is 2.28. The molecule has 0 spiro atoms. The highest BCUT2D eigenvalue weighted by molar-refractivity contribution is 4.83. The molecule has 0 aliphatic heterocycles. The van der Waals surface area contributed by atoms with Crippen LogP contribution in [0, 0.1) is 5.92 Å². The van der Waals surface area contributed by atoms with E-state index in [1.54, 1.807) is 0 Å². The molecule has 12 heavy (non-hydrogen) atoms. The molecule has 2 fully saturated rings. The molecule has 0 aromatic carbocycles. The lowest BCUT2D eigenvalue weighted by Gasteiger charge is -2.28. The summed E-state index contributed by atoms with van der Waals surface area (Å²) in [5, 5.41) is 13.1. The van der Waals surface area contributed by atoms with Crippen LogP contribution in [0.15, 0.2) is 0 Å². The van der Waals surface area contributed by atoms with Crippen LogP contribution in [-0.2, 0) is 0 Å². The fraction of sp³-hybridized carbons (Fsp3) is 1.00. The molecule has 0 heterocycles. The Labute approximate surface area is 74.4 Å². The summed E-state index contributed by atoms with van der Waals surface area (Å²) in [5.41, 5.74) is 0. The third-order valence-electron chi connectivity index (χ3n) is 3.10. The van der Waals surface area contributed by atoms with Crippen LogP contribution in [0.3, 0.4) is 0 Å². The number of hydrogen-bond acceptors (Lipinski definition) is 2.